The van der Waals surface area contributed by atoms with Crippen LogP contribution in [0.4, 0.5) is 0 Å². The molecule has 4 heteroatoms. The second kappa shape index (κ2) is 5.44. The molecule has 19 heavy (non-hydrogen) atoms. The second-order valence-electron chi connectivity index (χ2n) is 4.16. The zero-order valence-electron chi connectivity index (χ0n) is 10.5. The Morgan fingerprint density at radius 3 is 2.47 bits per heavy atom. The van der Waals surface area contributed by atoms with E-state index in [0.717, 1.165) is 5.56 Å². The molecule has 2 aromatic rings. The maximum atomic E-state index is 10.9. The van der Waals surface area contributed by atoms with E-state index in [1.54, 1.807) is 13.0 Å². The van der Waals surface area contributed by atoms with Gasteiger partial charge in [0.05, 0.1) is 0 Å². The highest BCUT2D eigenvalue weighted by molar-refractivity contribution is 5.91. The molecule has 0 aliphatic carbocycles. The van der Waals surface area contributed by atoms with Crippen LogP contribution in [-0.4, -0.2) is 16.2 Å². The average Bonchev–Trinajstić information content (AvgIpc) is 2.41. The Balaban J connectivity index is 2.18. The van der Waals surface area contributed by atoms with E-state index >= 15 is 0 Å². The van der Waals surface area contributed by atoms with Crippen LogP contribution in [0, 0.1) is 6.92 Å². The number of ether oxygens (including phenoxy) is 1. The fourth-order valence-corrected chi connectivity index (χ4v) is 1.75. The number of hydrogen-bond donors (Lipinski definition) is 2. The van der Waals surface area contributed by atoms with E-state index in [-0.39, 0.29) is 11.3 Å². The van der Waals surface area contributed by atoms with Gasteiger partial charge in [-0.25, -0.2) is 4.79 Å². The van der Waals surface area contributed by atoms with Crippen molar-refractivity contribution in [2.24, 2.45) is 0 Å². The maximum Gasteiger partial charge on any atom is 0.339 e. The summed E-state index contributed by atoms with van der Waals surface area (Å²) < 4.78 is 5.59. The first-order valence-corrected chi connectivity index (χ1v) is 5.82. The predicted octanol–water partition coefficient (Wildman–Crippen LogP) is 2.98. The third kappa shape index (κ3) is 2.85. The number of carbonyl (C=O) groups is 1. The lowest BCUT2D eigenvalue weighted by Crippen LogP contribution is -2.01. The van der Waals surface area contributed by atoms with Crippen LogP contribution in [-0.2, 0) is 6.61 Å². The van der Waals surface area contributed by atoms with E-state index in [0.29, 0.717) is 17.9 Å². The second-order valence-corrected chi connectivity index (χ2v) is 4.16. The van der Waals surface area contributed by atoms with Gasteiger partial charge in [-0.3, -0.25) is 0 Å². The quantitative estimate of drug-likeness (QED) is 0.884. The Labute approximate surface area is 110 Å². The van der Waals surface area contributed by atoms with Gasteiger partial charge in [0.15, 0.2) is 0 Å². The van der Waals surface area contributed by atoms with Crippen molar-refractivity contribution < 1.29 is 19.7 Å². The molecule has 2 rings (SSSR count). The number of benzene rings is 2. The van der Waals surface area contributed by atoms with E-state index in [4.69, 9.17) is 9.84 Å². The van der Waals surface area contributed by atoms with Gasteiger partial charge in [0.1, 0.15) is 23.7 Å². The van der Waals surface area contributed by atoms with Crippen LogP contribution in [0.3, 0.4) is 0 Å². The molecule has 0 aliphatic rings. The number of hydrogen-bond acceptors (Lipinski definition) is 3. The lowest BCUT2D eigenvalue weighted by Gasteiger charge is -2.11. The van der Waals surface area contributed by atoms with Crippen LogP contribution in [0.5, 0.6) is 11.5 Å². The SMILES string of the molecule is Cc1c(OCc2ccccc2)ccc(C(=O)O)c1O. The number of aromatic hydroxyl groups is 1. The highest BCUT2D eigenvalue weighted by Crippen LogP contribution is 2.30. The fraction of sp³-hybridized carbons (Fsp3) is 0.133. The standard InChI is InChI=1S/C15H14O4/c1-10-13(8-7-12(14(10)16)15(17)18)19-9-11-5-3-2-4-6-11/h2-8,16H,9H2,1H3,(H,17,18). The summed E-state index contributed by atoms with van der Waals surface area (Å²) in [6.07, 6.45) is 0. The van der Waals surface area contributed by atoms with Gasteiger partial charge < -0.3 is 14.9 Å². The topological polar surface area (TPSA) is 66.8 Å². The first-order valence-electron chi connectivity index (χ1n) is 5.82. The van der Waals surface area contributed by atoms with Crippen molar-refractivity contribution in [1.82, 2.24) is 0 Å². The Morgan fingerprint density at radius 2 is 1.84 bits per heavy atom. The smallest absolute Gasteiger partial charge is 0.339 e. The highest BCUT2D eigenvalue weighted by atomic mass is 16.5. The molecule has 4 nitrogen and oxygen atoms in total. The first-order chi connectivity index (χ1) is 9.09. The molecule has 2 N–H and O–H groups in total. The molecule has 0 fully saturated rings. The molecule has 0 heterocycles. The summed E-state index contributed by atoms with van der Waals surface area (Å²) in [4.78, 5) is 10.9. The monoisotopic (exact) mass is 258 g/mol. The summed E-state index contributed by atoms with van der Waals surface area (Å²) in [6, 6.07) is 12.5. The number of carboxylic acids is 1. The summed E-state index contributed by atoms with van der Waals surface area (Å²) >= 11 is 0. The molecule has 0 spiro atoms. The largest absolute Gasteiger partial charge is 0.507 e. The molecule has 98 valence electrons. The molecule has 0 bridgehead atoms. The Bertz CT molecular complexity index is 591. The Morgan fingerprint density at radius 1 is 1.16 bits per heavy atom. The number of phenols is 1. The summed E-state index contributed by atoms with van der Waals surface area (Å²) in [6.45, 7) is 2.00. The van der Waals surface area contributed by atoms with Crippen molar-refractivity contribution >= 4 is 5.97 Å². The normalized spacial score (nSPS) is 10.2. The third-order valence-corrected chi connectivity index (χ3v) is 2.85. The Kier molecular flexibility index (Phi) is 3.71. The zero-order valence-corrected chi connectivity index (χ0v) is 10.5. The lowest BCUT2D eigenvalue weighted by molar-refractivity contribution is 0.0693. The van der Waals surface area contributed by atoms with Crippen LogP contribution < -0.4 is 4.74 Å². The Hall–Kier alpha value is -2.49. The van der Waals surface area contributed by atoms with Gasteiger partial charge in [0.2, 0.25) is 0 Å². The molecule has 0 saturated heterocycles. The molecule has 0 amide bonds. The van der Waals surface area contributed by atoms with Crippen molar-refractivity contribution in [2.75, 3.05) is 0 Å². The third-order valence-electron chi connectivity index (χ3n) is 2.85. The van der Waals surface area contributed by atoms with E-state index in [2.05, 4.69) is 0 Å². The minimum atomic E-state index is -1.16. The van der Waals surface area contributed by atoms with Crippen LogP contribution in [0.1, 0.15) is 21.5 Å². The van der Waals surface area contributed by atoms with Gasteiger partial charge in [0.25, 0.3) is 0 Å². The number of aromatic carboxylic acids is 1. The fourth-order valence-electron chi connectivity index (χ4n) is 1.75. The van der Waals surface area contributed by atoms with E-state index in [9.17, 15) is 9.90 Å². The van der Waals surface area contributed by atoms with Gasteiger partial charge in [-0.2, -0.15) is 0 Å². The van der Waals surface area contributed by atoms with Gasteiger partial charge in [-0.1, -0.05) is 30.3 Å². The molecular weight excluding hydrogens is 244 g/mol. The molecule has 0 unspecified atom stereocenters. The molecule has 0 aliphatic heterocycles. The predicted molar refractivity (Wildman–Crippen MR) is 70.6 cm³/mol. The van der Waals surface area contributed by atoms with Crippen molar-refractivity contribution in [2.45, 2.75) is 13.5 Å². The molecule has 2 aromatic carbocycles. The highest BCUT2D eigenvalue weighted by Gasteiger charge is 2.14. The molecular formula is C15H14O4. The summed E-state index contributed by atoms with van der Waals surface area (Å²) in [5.41, 5.74) is 1.31. The number of carboxylic acid groups (broad SMARTS) is 1. The van der Waals surface area contributed by atoms with Crippen molar-refractivity contribution in [3.05, 3.63) is 59.2 Å². The van der Waals surface area contributed by atoms with E-state index in [1.807, 2.05) is 30.3 Å². The van der Waals surface area contributed by atoms with Crippen LogP contribution >= 0.6 is 0 Å². The van der Waals surface area contributed by atoms with Gasteiger partial charge in [-0.05, 0) is 24.6 Å². The maximum absolute atomic E-state index is 10.9. The minimum absolute atomic E-state index is 0.121. The van der Waals surface area contributed by atoms with Gasteiger partial charge in [-0.15, -0.1) is 0 Å². The summed E-state index contributed by atoms with van der Waals surface area (Å²) in [7, 11) is 0. The van der Waals surface area contributed by atoms with Gasteiger partial charge in [0, 0.05) is 5.56 Å². The lowest BCUT2D eigenvalue weighted by atomic mass is 10.1. The van der Waals surface area contributed by atoms with E-state index in [1.165, 1.54) is 6.07 Å². The molecule has 0 aromatic heterocycles. The average molecular weight is 258 g/mol. The summed E-state index contributed by atoms with van der Waals surface area (Å²) in [5, 5.41) is 18.7. The van der Waals surface area contributed by atoms with Crippen molar-refractivity contribution in [3.63, 3.8) is 0 Å². The zero-order chi connectivity index (χ0) is 13.8. The molecule has 0 saturated carbocycles. The van der Waals surface area contributed by atoms with Crippen LogP contribution in [0.25, 0.3) is 0 Å². The van der Waals surface area contributed by atoms with Gasteiger partial charge >= 0.3 is 5.97 Å². The van der Waals surface area contributed by atoms with Crippen molar-refractivity contribution in [3.8, 4) is 11.5 Å². The van der Waals surface area contributed by atoms with Crippen LogP contribution in [0.15, 0.2) is 42.5 Å². The minimum Gasteiger partial charge on any atom is -0.507 e. The van der Waals surface area contributed by atoms with Crippen LogP contribution in [0.2, 0.25) is 0 Å². The van der Waals surface area contributed by atoms with E-state index < -0.39 is 5.97 Å². The van der Waals surface area contributed by atoms with Crippen molar-refractivity contribution in [1.29, 1.82) is 0 Å². The summed E-state index contributed by atoms with van der Waals surface area (Å²) in [5.74, 6) is -0.931. The number of rotatable bonds is 4. The molecule has 0 radical (unpaired) electrons. The first kappa shape index (κ1) is 13.0. The molecule has 0 atom stereocenters.